The second-order valence-electron chi connectivity index (χ2n) is 7.29. The minimum absolute atomic E-state index is 0.0799. The Morgan fingerprint density at radius 3 is 2.72 bits per heavy atom. The molecule has 1 aliphatic heterocycles. The lowest BCUT2D eigenvalue weighted by Gasteiger charge is -2.18. The molecule has 1 fully saturated rings. The molecule has 2 rings (SSSR count). The van der Waals surface area contributed by atoms with Crippen LogP contribution in [0.3, 0.4) is 0 Å². The topological polar surface area (TPSA) is 50.6 Å². The van der Waals surface area contributed by atoms with E-state index in [-0.39, 0.29) is 12.2 Å². The van der Waals surface area contributed by atoms with Crippen molar-refractivity contribution in [2.24, 2.45) is 13.0 Å². The Hall–Kier alpha value is -1.39. The van der Waals surface area contributed by atoms with Gasteiger partial charge in [0.25, 0.3) is 0 Å². The summed E-state index contributed by atoms with van der Waals surface area (Å²) in [6, 6.07) is 0. The highest BCUT2D eigenvalue weighted by Gasteiger charge is 2.42. The summed E-state index contributed by atoms with van der Waals surface area (Å²) in [5.41, 5.74) is 2.54. The van der Waals surface area contributed by atoms with Gasteiger partial charge in [0.05, 0.1) is 6.10 Å². The normalized spacial score (nSPS) is 21.8. The number of imidazole rings is 1. The second-order valence-corrected chi connectivity index (χ2v) is 7.29. The first-order chi connectivity index (χ1) is 12.0. The molecule has 3 unspecified atom stereocenters. The van der Waals surface area contributed by atoms with Crippen LogP contribution in [0.25, 0.3) is 0 Å². The number of ether oxygens (including phenoxy) is 1. The molecule has 1 aromatic heterocycles. The standard InChI is InChI=1S/C21H34N2O2/c1-6-9-17(15(3)7-2)11-8-10-16(4)20-19(25-20)14-18(24)21-22-12-13-23(21)5/h12-13,17-20,24H,3-4,6-11,14H2,1-2,5H3/t17?,18-,19?,20?/m0/s1. The maximum absolute atomic E-state index is 10.3. The molecule has 4 atom stereocenters. The maximum atomic E-state index is 10.3. The Balaban J connectivity index is 1.70. The van der Waals surface area contributed by atoms with Gasteiger partial charge >= 0.3 is 0 Å². The number of hydrogen-bond acceptors (Lipinski definition) is 3. The SMILES string of the molecule is C=C(CC)C(CCC)CCCC(=C)C1OC1C[C@H](O)c1nccn1C. The smallest absolute Gasteiger partial charge is 0.137 e. The number of aryl methyl sites for hydroxylation is 1. The number of nitrogens with zero attached hydrogens (tertiary/aromatic N) is 2. The van der Waals surface area contributed by atoms with Crippen molar-refractivity contribution in [3.05, 3.63) is 42.5 Å². The number of aliphatic hydroxyl groups is 1. The zero-order valence-electron chi connectivity index (χ0n) is 16.1. The quantitative estimate of drug-likeness (QED) is 0.440. The zero-order chi connectivity index (χ0) is 18.4. The van der Waals surface area contributed by atoms with E-state index in [4.69, 9.17) is 4.74 Å². The van der Waals surface area contributed by atoms with Crippen LogP contribution in [-0.4, -0.2) is 26.9 Å². The molecule has 1 aliphatic rings. The highest BCUT2D eigenvalue weighted by Crippen LogP contribution is 2.37. The molecular weight excluding hydrogens is 312 g/mol. The fraction of sp³-hybridized carbons (Fsp3) is 0.667. The molecule has 25 heavy (non-hydrogen) atoms. The number of rotatable bonds is 12. The lowest BCUT2D eigenvalue weighted by atomic mass is 9.88. The summed E-state index contributed by atoms with van der Waals surface area (Å²) in [7, 11) is 1.90. The van der Waals surface area contributed by atoms with Crippen LogP contribution in [-0.2, 0) is 11.8 Å². The number of hydrogen-bond donors (Lipinski definition) is 1. The third-order valence-electron chi connectivity index (χ3n) is 5.32. The maximum Gasteiger partial charge on any atom is 0.137 e. The Morgan fingerprint density at radius 2 is 2.12 bits per heavy atom. The van der Waals surface area contributed by atoms with E-state index in [1.165, 1.54) is 24.8 Å². The minimum Gasteiger partial charge on any atom is -0.385 e. The lowest BCUT2D eigenvalue weighted by Crippen LogP contribution is -2.10. The van der Waals surface area contributed by atoms with Gasteiger partial charge in [-0.25, -0.2) is 4.98 Å². The molecule has 0 aromatic carbocycles. The number of epoxide rings is 1. The largest absolute Gasteiger partial charge is 0.385 e. The summed E-state index contributed by atoms with van der Waals surface area (Å²) in [6.07, 6.45) is 10.6. The summed E-state index contributed by atoms with van der Waals surface area (Å²) >= 11 is 0. The molecule has 1 aromatic rings. The van der Waals surface area contributed by atoms with Crippen molar-refractivity contribution in [3.8, 4) is 0 Å². The van der Waals surface area contributed by atoms with Gasteiger partial charge < -0.3 is 14.4 Å². The molecule has 2 heterocycles. The molecule has 4 heteroatoms. The monoisotopic (exact) mass is 346 g/mol. The Labute approximate surface area is 152 Å². The summed E-state index contributed by atoms with van der Waals surface area (Å²) < 4.78 is 7.60. The van der Waals surface area contributed by atoms with Crippen LogP contribution < -0.4 is 0 Å². The van der Waals surface area contributed by atoms with Gasteiger partial charge in [-0.3, -0.25) is 0 Å². The van der Waals surface area contributed by atoms with Crippen LogP contribution in [0.1, 0.15) is 70.7 Å². The number of allylic oxidation sites excluding steroid dienone is 1. The van der Waals surface area contributed by atoms with Crippen LogP contribution in [0.4, 0.5) is 0 Å². The first-order valence-corrected chi connectivity index (χ1v) is 9.63. The highest BCUT2D eigenvalue weighted by molar-refractivity contribution is 5.14. The van der Waals surface area contributed by atoms with Gasteiger partial charge in [-0.2, -0.15) is 0 Å². The van der Waals surface area contributed by atoms with Crippen molar-refractivity contribution in [1.82, 2.24) is 9.55 Å². The van der Waals surface area contributed by atoms with Gasteiger partial charge in [-0.1, -0.05) is 39.0 Å². The van der Waals surface area contributed by atoms with Gasteiger partial charge in [-0.15, -0.1) is 0 Å². The van der Waals surface area contributed by atoms with Crippen molar-refractivity contribution < 1.29 is 9.84 Å². The summed E-state index contributed by atoms with van der Waals surface area (Å²) in [4.78, 5) is 4.20. The van der Waals surface area contributed by atoms with Gasteiger partial charge in [0, 0.05) is 25.9 Å². The van der Waals surface area contributed by atoms with Gasteiger partial charge in [0.15, 0.2) is 0 Å². The lowest BCUT2D eigenvalue weighted by molar-refractivity contribution is 0.142. The average molecular weight is 347 g/mol. The average Bonchev–Trinajstić information content (AvgIpc) is 3.22. The number of aliphatic hydroxyl groups excluding tert-OH is 1. The Kier molecular flexibility index (Phi) is 7.45. The van der Waals surface area contributed by atoms with Crippen LogP contribution >= 0.6 is 0 Å². The van der Waals surface area contributed by atoms with E-state index in [0.29, 0.717) is 18.2 Å². The molecule has 0 saturated carbocycles. The molecule has 140 valence electrons. The van der Waals surface area contributed by atoms with Crippen LogP contribution in [0.5, 0.6) is 0 Å². The number of aromatic nitrogens is 2. The summed E-state index contributed by atoms with van der Waals surface area (Å²) in [5.74, 6) is 1.34. The predicted octanol–water partition coefficient (Wildman–Crippen LogP) is 4.72. The molecule has 1 N–H and O–H groups in total. The fourth-order valence-corrected chi connectivity index (χ4v) is 3.61. The van der Waals surface area contributed by atoms with Crippen molar-refractivity contribution in [2.45, 2.75) is 77.1 Å². The predicted molar refractivity (Wildman–Crippen MR) is 102 cm³/mol. The third kappa shape index (κ3) is 5.55. The van der Waals surface area contributed by atoms with E-state index in [9.17, 15) is 5.11 Å². The van der Waals surface area contributed by atoms with Crippen molar-refractivity contribution in [2.75, 3.05) is 0 Å². The van der Waals surface area contributed by atoms with E-state index in [0.717, 1.165) is 24.8 Å². The van der Waals surface area contributed by atoms with Gasteiger partial charge in [-0.05, 0) is 43.6 Å². The van der Waals surface area contributed by atoms with Crippen LogP contribution in [0, 0.1) is 5.92 Å². The van der Waals surface area contributed by atoms with E-state index < -0.39 is 6.10 Å². The molecule has 0 bridgehead atoms. The van der Waals surface area contributed by atoms with E-state index in [1.54, 1.807) is 6.20 Å². The molecule has 4 nitrogen and oxygen atoms in total. The van der Waals surface area contributed by atoms with Gasteiger partial charge in [0.1, 0.15) is 18.0 Å². The molecule has 0 spiro atoms. The van der Waals surface area contributed by atoms with Crippen molar-refractivity contribution >= 4 is 0 Å². The molecule has 0 radical (unpaired) electrons. The molecule has 0 aliphatic carbocycles. The molecular formula is C21H34N2O2. The highest BCUT2D eigenvalue weighted by atomic mass is 16.6. The van der Waals surface area contributed by atoms with E-state index in [1.807, 2.05) is 17.8 Å². The van der Waals surface area contributed by atoms with Crippen LogP contribution in [0.15, 0.2) is 36.7 Å². The van der Waals surface area contributed by atoms with Crippen molar-refractivity contribution in [3.63, 3.8) is 0 Å². The molecule has 0 amide bonds. The minimum atomic E-state index is -0.579. The summed E-state index contributed by atoms with van der Waals surface area (Å²) in [5, 5.41) is 10.3. The first-order valence-electron chi connectivity index (χ1n) is 9.63. The summed E-state index contributed by atoms with van der Waals surface area (Å²) in [6.45, 7) is 12.9. The Bertz CT molecular complexity index is 578. The first kappa shape index (κ1) is 19.9. The van der Waals surface area contributed by atoms with E-state index in [2.05, 4.69) is 32.0 Å². The Morgan fingerprint density at radius 1 is 1.36 bits per heavy atom. The molecule has 1 saturated heterocycles. The van der Waals surface area contributed by atoms with Crippen molar-refractivity contribution in [1.29, 1.82) is 0 Å². The zero-order valence-corrected chi connectivity index (χ0v) is 16.1. The van der Waals surface area contributed by atoms with E-state index >= 15 is 0 Å². The second kappa shape index (κ2) is 9.35. The fourth-order valence-electron chi connectivity index (χ4n) is 3.61. The van der Waals surface area contributed by atoms with Crippen LogP contribution in [0.2, 0.25) is 0 Å². The van der Waals surface area contributed by atoms with Gasteiger partial charge in [0.2, 0.25) is 0 Å². The third-order valence-corrected chi connectivity index (χ3v) is 5.32.